The molecule has 0 aliphatic carbocycles. The van der Waals surface area contributed by atoms with Gasteiger partial charge in [0, 0.05) is 6.61 Å². The molecule has 3 heteroatoms. The molecule has 0 amide bonds. The van der Waals surface area contributed by atoms with Gasteiger partial charge in [0.1, 0.15) is 5.76 Å². The molecule has 0 spiro atoms. The Morgan fingerprint density at radius 3 is 3.00 bits per heavy atom. The summed E-state index contributed by atoms with van der Waals surface area (Å²) in [6.07, 6.45) is 8.53. The van der Waals surface area contributed by atoms with Gasteiger partial charge in [-0.25, -0.2) is 0 Å². The Hall–Kier alpha value is -0.410. The molecule has 0 N–H and O–H groups in total. The smallest absolute Gasteiger partial charge is 0.171 e. The number of hydrogen-bond donors (Lipinski definition) is 0. The highest BCUT2D eigenvalue weighted by atomic mass is 32.2. The molecule has 1 aromatic rings. The quantitative estimate of drug-likeness (QED) is 0.750. The van der Waals surface area contributed by atoms with Crippen molar-refractivity contribution in [3.63, 3.8) is 0 Å². The summed E-state index contributed by atoms with van der Waals surface area (Å²) in [6, 6.07) is 3.95. The summed E-state index contributed by atoms with van der Waals surface area (Å²) in [7, 11) is 0. The van der Waals surface area contributed by atoms with Crippen molar-refractivity contribution >= 4 is 11.8 Å². The molecule has 0 bridgehead atoms. The van der Waals surface area contributed by atoms with Crippen LogP contribution in [0.25, 0.3) is 0 Å². The molecular weight excluding hydrogens is 196 g/mol. The molecule has 1 aliphatic rings. The van der Waals surface area contributed by atoms with E-state index in [1.807, 2.05) is 12.1 Å². The zero-order valence-corrected chi connectivity index (χ0v) is 9.31. The molecule has 14 heavy (non-hydrogen) atoms. The maximum Gasteiger partial charge on any atom is 0.171 e. The second kappa shape index (κ2) is 4.41. The Kier molecular flexibility index (Phi) is 3.19. The van der Waals surface area contributed by atoms with Crippen LogP contribution < -0.4 is 0 Å². The molecule has 1 saturated heterocycles. The maximum absolute atomic E-state index is 5.95. The minimum atomic E-state index is -0.222. The van der Waals surface area contributed by atoms with E-state index < -0.39 is 0 Å². The molecule has 1 aromatic heterocycles. The Bertz CT molecular complexity index is 261. The summed E-state index contributed by atoms with van der Waals surface area (Å²) >= 11 is 1.75. The summed E-state index contributed by atoms with van der Waals surface area (Å²) in [5.74, 6) is 0.965. The second-order valence-corrected chi connectivity index (χ2v) is 4.66. The number of rotatable bonds is 2. The molecular formula is C11H16O2S. The van der Waals surface area contributed by atoms with Crippen LogP contribution in [-0.4, -0.2) is 12.9 Å². The first-order chi connectivity index (χ1) is 6.87. The average molecular weight is 212 g/mol. The topological polar surface area (TPSA) is 22.4 Å². The fourth-order valence-electron chi connectivity index (χ4n) is 1.90. The monoisotopic (exact) mass is 212 g/mol. The van der Waals surface area contributed by atoms with Crippen LogP contribution in [0.5, 0.6) is 0 Å². The summed E-state index contributed by atoms with van der Waals surface area (Å²) in [4.78, 5) is -0.222. The van der Waals surface area contributed by atoms with Crippen molar-refractivity contribution in [2.45, 2.75) is 30.6 Å². The third-order valence-corrected chi connectivity index (χ3v) is 3.89. The van der Waals surface area contributed by atoms with Crippen LogP contribution in [0.1, 0.15) is 31.4 Å². The van der Waals surface area contributed by atoms with Gasteiger partial charge in [-0.2, -0.15) is 0 Å². The molecule has 1 fully saturated rings. The van der Waals surface area contributed by atoms with Crippen LogP contribution in [0.3, 0.4) is 0 Å². The van der Waals surface area contributed by atoms with E-state index in [1.54, 1.807) is 18.0 Å². The standard InChI is InChI=1S/C11H16O2S/c1-14-11(10-6-5-8-12-10)7-3-2-4-9-13-11/h5-6,8H,2-4,7,9H2,1H3. The Morgan fingerprint density at radius 2 is 2.29 bits per heavy atom. The minimum Gasteiger partial charge on any atom is -0.465 e. The van der Waals surface area contributed by atoms with Gasteiger partial charge in [0.25, 0.3) is 0 Å². The van der Waals surface area contributed by atoms with E-state index in [4.69, 9.17) is 9.15 Å². The zero-order valence-electron chi connectivity index (χ0n) is 8.49. The Morgan fingerprint density at radius 1 is 1.36 bits per heavy atom. The van der Waals surface area contributed by atoms with E-state index in [-0.39, 0.29) is 4.93 Å². The lowest BCUT2D eigenvalue weighted by Gasteiger charge is -2.28. The van der Waals surface area contributed by atoms with Crippen LogP contribution in [-0.2, 0) is 9.67 Å². The third-order valence-electron chi connectivity index (χ3n) is 2.71. The maximum atomic E-state index is 5.95. The lowest BCUT2D eigenvalue weighted by atomic mass is 10.1. The molecule has 2 heterocycles. The first-order valence-electron chi connectivity index (χ1n) is 5.10. The van der Waals surface area contributed by atoms with Gasteiger partial charge < -0.3 is 9.15 Å². The molecule has 1 aliphatic heterocycles. The third kappa shape index (κ3) is 1.84. The predicted molar refractivity (Wildman–Crippen MR) is 58.3 cm³/mol. The second-order valence-electron chi connectivity index (χ2n) is 3.59. The van der Waals surface area contributed by atoms with E-state index in [1.165, 1.54) is 19.3 Å². The van der Waals surface area contributed by atoms with E-state index >= 15 is 0 Å². The van der Waals surface area contributed by atoms with Crippen molar-refractivity contribution in [1.82, 2.24) is 0 Å². The minimum absolute atomic E-state index is 0.222. The number of furan rings is 1. The lowest BCUT2D eigenvalue weighted by molar-refractivity contribution is 0.0126. The summed E-state index contributed by atoms with van der Waals surface area (Å²) in [5.41, 5.74) is 0. The summed E-state index contributed by atoms with van der Waals surface area (Å²) in [6.45, 7) is 0.849. The molecule has 2 rings (SSSR count). The van der Waals surface area contributed by atoms with Crippen molar-refractivity contribution in [2.24, 2.45) is 0 Å². The highest BCUT2D eigenvalue weighted by molar-refractivity contribution is 7.99. The highest BCUT2D eigenvalue weighted by Gasteiger charge is 2.35. The van der Waals surface area contributed by atoms with Gasteiger partial charge in [-0.15, -0.1) is 11.8 Å². The van der Waals surface area contributed by atoms with E-state index in [0.717, 1.165) is 18.8 Å². The van der Waals surface area contributed by atoms with Crippen molar-refractivity contribution in [3.05, 3.63) is 24.2 Å². The average Bonchev–Trinajstić information content (AvgIpc) is 2.64. The largest absolute Gasteiger partial charge is 0.465 e. The normalized spacial score (nSPS) is 28.6. The highest BCUT2D eigenvalue weighted by Crippen LogP contribution is 2.42. The molecule has 0 saturated carbocycles. The lowest BCUT2D eigenvalue weighted by Crippen LogP contribution is -2.24. The van der Waals surface area contributed by atoms with Gasteiger partial charge >= 0.3 is 0 Å². The van der Waals surface area contributed by atoms with Crippen LogP contribution in [0.4, 0.5) is 0 Å². The SMILES string of the molecule is CSC1(c2ccco2)CCCCCO1. The molecule has 78 valence electrons. The van der Waals surface area contributed by atoms with Crippen LogP contribution >= 0.6 is 11.8 Å². The van der Waals surface area contributed by atoms with Gasteiger partial charge in [0.05, 0.1) is 6.26 Å². The van der Waals surface area contributed by atoms with Gasteiger partial charge in [-0.1, -0.05) is 6.42 Å². The Labute approximate surface area is 89.0 Å². The van der Waals surface area contributed by atoms with Gasteiger partial charge in [0.2, 0.25) is 0 Å². The Balaban J connectivity index is 2.23. The summed E-state index contributed by atoms with van der Waals surface area (Å²) < 4.78 is 11.4. The zero-order chi connectivity index (χ0) is 9.86. The first kappa shape index (κ1) is 10.1. The molecule has 2 nitrogen and oxygen atoms in total. The van der Waals surface area contributed by atoms with Crippen molar-refractivity contribution in [2.75, 3.05) is 12.9 Å². The first-order valence-corrected chi connectivity index (χ1v) is 6.33. The predicted octanol–water partition coefficient (Wildman–Crippen LogP) is 3.39. The van der Waals surface area contributed by atoms with Crippen molar-refractivity contribution in [1.29, 1.82) is 0 Å². The van der Waals surface area contributed by atoms with Crippen LogP contribution in [0.15, 0.2) is 22.8 Å². The van der Waals surface area contributed by atoms with E-state index in [9.17, 15) is 0 Å². The summed E-state index contributed by atoms with van der Waals surface area (Å²) in [5, 5.41) is 0. The van der Waals surface area contributed by atoms with Gasteiger partial charge in [-0.3, -0.25) is 0 Å². The molecule has 1 unspecified atom stereocenters. The molecule has 0 radical (unpaired) electrons. The number of hydrogen-bond acceptors (Lipinski definition) is 3. The fraction of sp³-hybridized carbons (Fsp3) is 0.636. The number of ether oxygens (including phenoxy) is 1. The number of thioether (sulfide) groups is 1. The molecule has 0 aromatic carbocycles. The van der Waals surface area contributed by atoms with Gasteiger partial charge in [0.15, 0.2) is 4.93 Å². The molecule has 1 atom stereocenters. The van der Waals surface area contributed by atoms with Crippen LogP contribution in [0.2, 0.25) is 0 Å². The fourth-order valence-corrected chi connectivity index (χ4v) is 2.76. The van der Waals surface area contributed by atoms with Crippen LogP contribution in [0, 0.1) is 0 Å². The van der Waals surface area contributed by atoms with Crippen molar-refractivity contribution < 1.29 is 9.15 Å². The van der Waals surface area contributed by atoms with E-state index in [0.29, 0.717) is 0 Å². The van der Waals surface area contributed by atoms with E-state index in [2.05, 4.69) is 6.26 Å². The van der Waals surface area contributed by atoms with Crippen molar-refractivity contribution in [3.8, 4) is 0 Å². The van der Waals surface area contributed by atoms with Gasteiger partial charge in [-0.05, 0) is 37.7 Å².